The Morgan fingerprint density at radius 2 is 1.12 bits per heavy atom. The van der Waals surface area contributed by atoms with Crippen molar-refractivity contribution < 1.29 is 94.2 Å². The molecule has 86 valence electrons. The van der Waals surface area contributed by atoms with Crippen molar-refractivity contribution in [1.29, 1.82) is 0 Å². The van der Waals surface area contributed by atoms with E-state index in [1.54, 1.807) is 0 Å². The average molecular weight is 256 g/mol. The largest absolute Gasteiger partial charge is 1.00 e. The number of aliphatic hydroxyl groups excluding tert-OH is 3. The SMILES string of the molecule is CC(=O)[O-].CC(=O)[O-].OCC(O)CO.[Na+].[Na+]. The van der Waals surface area contributed by atoms with E-state index < -0.39 is 18.0 Å². The van der Waals surface area contributed by atoms with Crippen LogP contribution in [-0.4, -0.2) is 46.6 Å². The third-order valence-corrected chi connectivity index (χ3v) is 0.421. The van der Waals surface area contributed by atoms with Gasteiger partial charge in [-0.05, 0) is 13.8 Å². The minimum atomic E-state index is -1.08. The standard InChI is InChI=1S/C3H8O3.2C2H4O2.2Na/c4-1-3(6)2-5;2*1-2(3)4;;/h3-6H,1-2H2;2*1H3,(H,3,4);;/q;;;2*+1/p-2. The summed E-state index contributed by atoms with van der Waals surface area (Å²) in [6.45, 7) is 1.22. The molecule has 0 spiro atoms. The summed E-state index contributed by atoms with van der Waals surface area (Å²) in [5, 5.41) is 41.8. The summed E-state index contributed by atoms with van der Waals surface area (Å²) in [5.41, 5.74) is 0. The Hall–Kier alpha value is 0.820. The van der Waals surface area contributed by atoms with E-state index in [2.05, 4.69) is 0 Å². The first-order valence-corrected chi connectivity index (χ1v) is 3.52. The Kier molecular flexibility index (Phi) is 46.8. The van der Waals surface area contributed by atoms with Gasteiger partial charge in [-0.25, -0.2) is 0 Å². The molecule has 0 aromatic rings. The predicted octanol–water partition coefficient (Wildman–Crippen LogP) is -10.1. The monoisotopic (exact) mass is 256 g/mol. The molecule has 0 saturated carbocycles. The summed E-state index contributed by atoms with van der Waals surface area (Å²) in [7, 11) is 0. The van der Waals surface area contributed by atoms with Gasteiger partial charge in [0.15, 0.2) is 0 Å². The summed E-state index contributed by atoms with van der Waals surface area (Å²) in [6, 6.07) is 0. The Morgan fingerprint density at radius 1 is 1.00 bits per heavy atom. The van der Waals surface area contributed by atoms with Crippen molar-refractivity contribution in [3.8, 4) is 0 Å². The van der Waals surface area contributed by atoms with E-state index in [1.807, 2.05) is 0 Å². The van der Waals surface area contributed by atoms with Gasteiger partial charge in [-0.1, -0.05) is 0 Å². The van der Waals surface area contributed by atoms with E-state index in [1.165, 1.54) is 0 Å². The van der Waals surface area contributed by atoms with Crippen LogP contribution in [-0.2, 0) is 9.59 Å². The molecule has 7 nitrogen and oxygen atoms in total. The van der Waals surface area contributed by atoms with Crippen LogP contribution in [0.1, 0.15) is 13.8 Å². The molecule has 0 heterocycles. The summed E-state index contributed by atoms with van der Waals surface area (Å²) in [6.07, 6.45) is -0.954. The first-order chi connectivity index (χ1) is 6.27. The number of carboxylic acids is 2. The zero-order valence-electron chi connectivity index (χ0n) is 9.97. The second-order valence-corrected chi connectivity index (χ2v) is 2.00. The molecule has 0 unspecified atom stereocenters. The van der Waals surface area contributed by atoms with Gasteiger partial charge in [-0.2, -0.15) is 0 Å². The molecule has 0 aromatic carbocycles. The predicted molar refractivity (Wildman–Crippen MR) is 41.5 cm³/mol. The van der Waals surface area contributed by atoms with Gasteiger partial charge in [0.2, 0.25) is 0 Å². The molecule has 0 aliphatic heterocycles. The molecule has 0 aliphatic rings. The van der Waals surface area contributed by atoms with Gasteiger partial charge in [0, 0.05) is 11.9 Å². The van der Waals surface area contributed by atoms with Crippen molar-refractivity contribution in [2.45, 2.75) is 20.0 Å². The zero-order valence-corrected chi connectivity index (χ0v) is 14.0. The molecule has 16 heavy (non-hydrogen) atoms. The van der Waals surface area contributed by atoms with Crippen LogP contribution in [0, 0.1) is 0 Å². The Bertz CT molecular complexity index is 130. The summed E-state index contributed by atoms with van der Waals surface area (Å²) >= 11 is 0. The van der Waals surface area contributed by atoms with Crippen LogP contribution in [0.2, 0.25) is 0 Å². The molecular formula is C7H14Na2O7. The fourth-order valence-electron chi connectivity index (χ4n) is 0.0577. The van der Waals surface area contributed by atoms with Crippen LogP contribution in [0.5, 0.6) is 0 Å². The molecule has 0 aliphatic carbocycles. The van der Waals surface area contributed by atoms with Crippen LogP contribution in [0.3, 0.4) is 0 Å². The fourth-order valence-corrected chi connectivity index (χ4v) is 0.0577. The van der Waals surface area contributed by atoms with E-state index >= 15 is 0 Å². The van der Waals surface area contributed by atoms with Crippen LogP contribution >= 0.6 is 0 Å². The number of aliphatic carboxylic acids is 2. The smallest absolute Gasteiger partial charge is 0.550 e. The number of hydrogen-bond donors (Lipinski definition) is 3. The molecule has 0 atom stereocenters. The summed E-state index contributed by atoms with van der Waals surface area (Å²) in [5.74, 6) is -2.17. The fraction of sp³-hybridized carbons (Fsp3) is 0.714. The topological polar surface area (TPSA) is 141 Å². The van der Waals surface area contributed by atoms with Crippen molar-refractivity contribution in [2.75, 3.05) is 13.2 Å². The summed E-state index contributed by atoms with van der Waals surface area (Å²) in [4.78, 5) is 17.8. The number of rotatable bonds is 2. The molecule has 0 radical (unpaired) electrons. The van der Waals surface area contributed by atoms with Crippen LogP contribution in [0.25, 0.3) is 0 Å². The third kappa shape index (κ3) is 122. The molecule has 0 amide bonds. The maximum absolute atomic E-state index is 8.89. The van der Waals surface area contributed by atoms with E-state index in [0.717, 1.165) is 13.8 Å². The van der Waals surface area contributed by atoms with Gasteiger partial charge in [-0.3, -0.25) is 0 Å². The van der Waals surface area contributed by atoms with E-state index in [-0.39, 0.29) is 72.3 Å². The number of carboxylic acid groups (broad SMARTS) is 2. The molecule has 3 N–H and O–H groups in total. The molecule has 0 fully saturated rings. The van der Waals surface area contributed by atoms with E-state index in [9.17, 15) is 0 Å². The maximum atomic E-state index is 8.89. The van der Waals surface area contributed by atoms with Crippen LogP contribution in [0.4, 0.5) is 0 Å². The zero-order chi connectivity index (χ0) is 12.1. The number of carbonyl (C=O) groups excluding carboxylic acids is 2. The number of hydrogen-bond acceptors (Lipinski definition) is 7. The molecule has 0 bridgehead atoms. The maximum Gasteiger partial charge on any atom is 1.00 e. The van der Waals surface area contributed by atoms with Crippen molar-refractivity contribution in [3.63, 3.8) is 0 Å². The number of aliphatic hydroxyl groups is 3. The minimum absolute atomic E-state index is 0. The second kappa shape index (κ2) is 24.9. The van der Waals surface area contributed by atoms with Gasteiger partial charge in [0.1, 0.15) is 6.10 Å². The Balaban J connectivity index is -0.0000000367. The molecular weight excluding hydrogens is 242 g/mol. The average Bonchev–Trinajstić information content (AvgIpc) is 2.01. The van der Waals surface area contributed by atoms with Crippen molar-refractivity contribution in [2.24, 2.45) is 0 Å². The second-order valence-electron chi connectivity index (χ2n) is 2.00. The molecule has 9 heteroatoms. The number of carbonyl (C=O) groups is 2. The third-order valence-electron chi connectivity index (χ3n) is 0.421. The molecule has 0 aromatic heterocycles. The van der Waals surface area contributed by atoms with Crippen molar-refractivity contribution in [3.05, 3.63) is 0 Å². The quantitative estimate of drug-likeness (QED) is 0.416. The normalized spacial score (nSPS) is 6.88. The Labute approximate surface area is 138 Å². The van der Waals surface area contributed by atoms with E-state index in [4.69, 9.17) is 35.1 Å². The van der Waals surface area contributed by atoms with Crippen LogP contribution < -0.4 is 69.3 Å². The van der Waals surface area contributed by atoms with Gasteiger partial charge in [0.25, 0.3) is 0 Å². The van der Waals surface area contributed by atoms with Crippen molar-refractivity contribution in [1.82, 2.24) is 0 Å². The van der Waals surface area contributed by atoms with Gasteiger partial charge < -0.3 is 35.1 Å². The van der Waals surface area contributed by atoms with E-state index in [0.29, 0.717) is 0 Å². The Morgan fingerprint density at radius 3 is 1.12 bits per heavy atom. The first kappa shape index (κ1) is 30.1. The van der Waals surface area contributed by atoms with Crippen LogP contribution in [0.15, 0.2) is 0 Å². The minimum Gasteiger partial charge on any atom is -0.550 e. The van der Waals surface area contributed by atoms with Gasteiger partial charge >= 0.3 is 59.1 Å². The molecule has 0 rings (SSSR count). The molecule has 0 saturated heterocycles. The summed E-state index contributed by atoms with van der Waals surface area (Å²) < 4.78 is 0. The van der Waals surface area contributed by atoms with Crippen molar-refractivity contribution >= 4 is 11.9 Å². The van der Waals surface area contributed by atoms with Gasteiger partial charge in [0.05, 0.1) is 13.2 Å². The first-order valence-electron chi connectivity index (χ1n) is 3.52. The van der Waals surface area contributed by atoms with Gasteiger partial charge in [-0.15, -0.1) is 0 Å².